The van der Waals surface area contributed by atoms with Crippen LogP contribution in [0.15, 0.2) is 18.2 Å². The fourth-order valence-corrected chi connectivity index (χ4v) is 1.37. The molecule has 1 aromatic carbocycles. The molecule has 0 saturated carbocycles. The molecule has 1 unspecified atom stereocenters. The van der Waals surface area contributed by atoms with Crippen LogP contribution < -0.4 is 9.47 Å². The minimum absolute atomic E-state index is 0.0766. The van der Waals surface area contributed by atoms with Crippen LogP contribution >= 0.6 is 0 Å². The van der Waals surface area contributed by atoms with Crippen molar-refractivity contribution in [1.29, 1.82) is 0 Å². The average molecular weight is 254 g/mol. The number of aldehydes is 1. The molecule has 0 spiro atoms. The van der Waals surface area contributed by atoms with Gasteiger partial charge < -0.3 is 19.3 Å². The van der Waals surface area contributed by atoms with Gasteiger partial charge in [-0.1, -0.05) is 0 Å². The lowest BCUT2D eigenvalue weighted by Crippen LogP contribution is -2.23. The van der Waals surface area contributed by atoms with Gasteiger partial charge in [-0.3, -0.25) is 4.79 Å². The van der Waals surface area contributed by atoms with Crippen molar-refractivity contribution in [1.82, 2.24) is 0 Å². The molecule has 5 nitrogen and oxygen atoms in total. The molecule has 18 heavy (non-hydrogen) atoms. The Kier molecular flexibility index (Phi) is 6.18. The molecular weight excluding hydrogens is 236 g/mol. The molecule has 0 amide bonds. The molecule has 0 heterocycles. The zero-order valence-electron chi connectivity index (χ0n) is 10.6. The molecule has 0 bridgehead atoms. The van der Waals surface area contributed by atoms with Crippen molar-refractivity contribution in [2.75, 3.05) is 26.9 Å². The van der Waals surface area contributed by atoms with E-state index in [2.05, 4.69) is 0 Å². The number of carbonyl (C=O) groups excluding carboxylic acids is 1. The Labute approximate surface area is 106 Å². The molecule has 1 rings (SSSR count). The van der Waals surface area contributed by atoms with Crippen molar-refractivity contribution < 1.29 is 24.1 Å². The third-order valence-electron chi connectivity index (χ3n) is 2.29. The summed E-state index contributed by atoms with van der Waals surface area (Å²) in [5.41, 5.74) is 0.387. The molecule has 0 aliphatic rings. The van der Waals surface area contributed by atoms with Crippen LogP contribution in [-0.4, -0.2) is 44.4 Å². The minimum Gasteiger partial charge on any atom is -0.497 e. The Hall–Kier alpha value is -1.59. The van der Waals surface area contributed by atoms with Gasteiger partial charge in [-0.2, -0.15) is 0 Å². The molecule has 5 heteroatoms. The standard InChI is InChI=1S/C13H18O5/c1-3-17-8-11(15)9-18-13-5-4-12(16-2)6-10(13)7-14/h4-7,11,15H,3,8-9H2,1-2H3. The number of methoxy groups -OCH3 is 1. The van der Waals surface area contributed by atoms with E-state index in [9.17, 15) is 9.90 Å². The van der Waals surface area contributed by atoms with Crippen LogP contribution in [0.2, 0.25) is 0 Å². The Morgan fingerprint density at radius 3 is 2.78 bits per heavy atom. The van der Waals surface area contributed by atoms with E-state index in [0.717, 1.165) is 0 Å². The summed E-state index contributed by atoms with van der Waals surface area (Å²) in [6, 6.07) is 4.91. The number of carbonyl (C=O) groups is 1. The molecular formula is C13H18O5. The number of benzene rings is 1. The highest BCUT2D eigenvalue weighted by atomic mass is 16.5. The molecule has 0 saturated heterocycles. The van der Waals surface area contributed by atoms with Gasteiger partial charge in [-0.05, 0) is 25.1 Å². The third kappa shape index (κ3) is 4.35. The number of ether oxygens (including phenoxy) is 3. The summed E-state index contributed by atoms with van der Waals surface area (Å²) in [5.74, 6) is 1.00. The Balaban J connectivity index is 2.58. The monoisotopic (exact) mass is 254 g/mol. The smallest absolute Gasteiger partial charge is 0.153 e. The summed E-state index contributed by atoms with van der Waals surface area (Å²) in [4.78, 5) is 10.9. The topological polar surface area (TPSA) is 65.0 Å². The van der Waals surface area contributed by atoms with Gasteiger partial charge in [0.2, 0.25) is 0 Å². The number of aliphatic hydroxyl groups is 1. The molecule has 1 atom stereocenters. The third-order valence-corrected chi connectivity index (χ3v) is 2.29. The molecule has 0 fully saturated rings. The Morgan fingerprint density at radius 2 is 2.17 bits per heavy atom. The minimum atomic E-state index is -0.716. The second kappa shape index (κ2) is 7.68. The lowest BCUT2D eigenvalue weighted by Gasteiger charge is -2.13. The summed E-state index contributed by atoms with van der Waals surface area (Å²) in [6.45, 7) is 2.68. The van der Waals surface area contributed by atoms with Crippen LogP contribution in [-0.2, 0) is 4.74 Å². The van der Waals surface area contributed by atoms with E-state index in [-0.39, 0.29) is 13.2 Å². The second-order valence-corrected chi connectivity index (χ2v) is 3.65. The van der Waals surface area contributed by atoms with Gasteiger partial charge in [0.05, 0.1) is 19.3 Å². The highest BCUT2D eigenvalue weighted by molar-refractivity contribution is 5.80. The quantitative estimate of drug-likeness (QED) is 0.708. The van der Waals surface area contributed by atoms with Crippen molar-refractivity contribution in [3.05, 3.63) is 23.8 Å². The van der Waals surface area contributed by atoms with E-state index in [0.29, 0.717) is 30.0 Å². The van der Waals surface area contributed by atoms with Crippen LogP contribution in [0.3, 0.4) is 0 Å². The molecule has 0 radical (unpaired) electrons. The average Bonchev–Trinajstić information content (AvgIpc) is 2.42. The van der Waals surface area contributed by atoms with Crippen molar-refractivity contribution in [2.24, 2.45) is 0 Å². The van der Waals surface area contributed by atoms with E-state index < -0.39 is 6.10 Å². The predicted octanol–water partition coefficient (Wildman–Crippen LogP) is 1.28. The molecule has 0 aromatic heterocycles. The van der Waals surface area contributed by atoms with Crippen molar-refractivity contribution >= 4 is 6.29 Å². The Morgan fingerprint density at radius 1 is 1.39 bits per heavy atom. The number of rotatable bonds is 8. The van der Waals surface area contributed by atoms with Gasteiger partial charge in [0.1, 0.15) is 24.2 Å². The lowest BCUT2D eigenvalue weighted by molar-refractivity contribution is 0.0163. The first kappa shape index (κ1) is 14.5. The van der Waals surface area contributed by atoms with Crippen molar-refractivity contribution in [2.45, 2.75) is 13.0 Å². The lowest BCUT2D eigenvalue weighted by atomic mass is 10.2. The fraction of sp³-hybridized carbons (Fsp3) is 0.462. The van der Waals surface area contributed by atoms with Crippen LogP contribution in [0.25, 0.3) is 0 Å². The number of aliphatic hydroxyl groups excluding tert-OH is 1. The first-order valence-corrected chi connectivity index (χ1v) is 5.73. The van der Waals surface area contributed by atoms with E-state index >= 15 is 0 Å². The van der Waals surface area contributed by atoms with Gasteiger partial charge in [0, 0.05) is 6.61 Å². The summed E-state index contributed by atoms with van der Waals surface area (Å²) in [7, 11) is 1.52. The maximum Gasteiger partial charge on any atom is 0.153 e. The molecule has 1 N–H and O–H groups in total. The van der Waals surface area contributed by atoms with Gasteiger partial charge >= 0.3 is 0 Å². The van der Waals surface area contributed by atoms with Crippen LogP contribution in [0.5, 0.6) is 11.5 Å². The van der Waals surface area contributed by atoms with Crippen molar-refractivity contribution in [3.63, 3.8) is 0 Å². The highest BCUT2D eigenvalue weighted by Crippen LogP contribution is 2.22. The SMILES string of the molecule is CCOCC(O)COc1ccc(OC)cc1C=O. The molecule has 100 valence electrons. The van der Waals surface area contributed by atoms with E-state index in [1.165, 1.54) is 7.11 Å². The molecule has 1 aromatic rings. The van der Waals surface area contributed by atoms with Gasteiger partial charge in [-0.15, -0.1) is 0 Å². The van der Waals surface area contributed by atoms with E-state index in [4.69, 9.17) is 14.2 Å². The maximum atomic E-state index is 10.9. The first-order valence-electron chi connectivity index (χ1n) is 5.73. The normalized spacial score (nSPS) is 11.9. The van der Waals surface area contributed by atoms with Crippen LogP contribution in [0.4, 0.5) is 0 Å². The second-order valence-electron chi connectivity index (χ2n) is 3.65. The molecule has 0 aliphatic heterocycles. The predicted molar refractivity (Wildman–Crippen MR) is 66.4 cm³/mol. The van der Waals surface area contributed by atoms with E-state index in [1.54, 1.807) is 18.2 Å². The van der Waals surface area contributed by atoms with Crippen LogP contribution in [0, 0.1) is 0 Å². The zero-order valence-corrected chi connectivity index (χ0v) is 10.6. The van der Waals surface area contributed by atoms with Gasteiger partial charge in [0.25, 0.3) is 0 Å². The van der Waals surface area contributed by atoms with Gasteiger partial charge in [-0.25, -0.2) is 0 Å². The summed E-state index contributed by atoms with van der Waals surface area (Å²) in [5, 5.41) is 9.54. The van der Waals surface area contributed by atoms with Gasteiger partial charge in [0.15, 0.2) is 6.29 Å². The summed E-state index contributed by atoms with van der Waals surface area (Å²) < 4.78 is 15.4. The highest BCUT2D eigenvalue weighted by Gasteiger charge is 2.09. The molecule has 0 aliphatic carbocycles. The van der Waals surface area contributed by atoms with Crippen LogP contribution in [0.1, 0.15) is 17.3 Å². The van der Waals surface area contributed by atoms with Crippen molar-refractivity contribution in [3.8, 4) is 11.5 Å². The largest absolute Gasteiger partial charge is 0.497 e. The summed E-state index contributed by atoms with van der Waals surface area (Å²) in [6.07, 6.45) is -0.0289. The zero-order chi connectivity index (χ0) is 13.4. The van der Waals surface area contributed by atoms with E-state index in [1.807, 2.05) is 6.92 Å². The maximum absolute atomic E-state index is 10.9. The first-order chi connectivity index (χ1) is 8.71. The summed E-state index contributed by atoms with van der Waals surface area (Å²) >= 11 is 0. The number of hydrogen-bond donors (Lipinski definition) is 1. The Bertz CT molecular complexity index is 378. The number of hydrogen-bond acceptors (Lipinski definition) is 5. The fourth-order valence-electron chi connectivity index (χ4n) is 1.37.